The molecule has 0 unspecified atom stereocenters. The first-order chi connectivity index (χ1) is 10.5. The number of rotatable bonds is 5. The Hall–Kier alpha value is -2.33. The molecule has 0 saturated heterocycles. The molecule has 0 aliphatic rings. The van der Waals surface area contributed by atoms with Crippen molar-refractivity contribution in [2.24, 2.45) is 0 Å². The van der Waals surface area contributed by atoms with Gasteiger partial charge in [0.05, 0.1) is 0 Å². The van der Waals surface area contributed by atoms with Gasteiger partial charge in [0.1, 0.15) is 6.42 Å². The van der Waals surface area contributed by atoms with Gasteiger partial charge in [-0.1, -0.05) is 41.9 Å². The number of benzene rings is 2. The number of carbonyl (C=O) groups excluding carboxylic acids is 2. The van der Waals surface area contributed by atoms with E-state index in [0.717, 1.165) is 11.1 Å². The molecule has 4 nitrogen and oxygen atoms in total. The van der Waals surface area contributed by atoms with Gasteiger partial charge in [0.15, 0.2) is 0 Å². The Morgan fingerprint density at radius 1 is 1.05 bits per heavy atom. The number of hydrogen-bond donors (Lipinski definition) is 2. The predicted octanol–water partition coefficient (Wildman–Crippen LogP) is 3.29. The summed E-state index contributed by atoms with van der Waals surface area (Å²) in [5.74, 6) is -0.688. The SMILES string of the molecule is Cc1ccccc1CNC(=O)CC(=O)Nc1cccc(Cl)c1. The van der Waals surface area contributed by atoms with Gasteiger partial charge in [-0.2, -0.15) is 0 Å². The van der Waals surface area contributed by atoms with Crippen molar-refractivity contribution in [1.29, 1.82) is 0 Å². The first-order valence-electron chi connectivity index (χ1n) is 6.91. The van der Waals surface area contributed by atoms with Crippen molar-refractivity contribution in [3.8, 4) is 0 Å². The number of anilines is 1. The molecule has 0 radical (unpaired) electrons. The van der Waals surface area contributed by atoms with E-state index in [4.69, 9.17) is 11.6 Å². The van der Waals surface area contributed by atoms with Crippen molar-refractivity contribution >= 4 is 29.1 Å². The van der Waals surface area contributed by atoms with Crippen molar-refractivity contribution in [1.82, 2.24) is 5.32 Å². The van der Waals surface area contributed by atoms with Crippen LogP contribution in [-0.2, 0) is 16.1 Å². The van der Waals surface area contributed by atoms with Gasteiger partial charge in [0.2, 0.25) is 11.8 Å². The Morgan fingerprint density at radius 2 is 1.82 bits per heavy atom. The first kappa shape index (κ1) is 16.0. The third-order valence-corrected chi connectivity index (χ3v) is 3.40. The van der Waals surface area contributed by atoms with Gasteiger partial charge in [-0.05, 0) is 36.2 Å². The lowest BCUT2D eigenvalue weighted by Crippen LogP contribution is -2.28. The second-order valence-electron chi connectivity index (χ2n) is 4.94. The molecule has 2 aromatic rings. The zero-order valence-electron chi connectivity index (χ0n) is 12.2. The Morgan fingerprint density at radius 3 is 2.55 bits per heavy atom. The quantitative estimate of drug-likeness (QED) is 0.832. The lowest BCUT2D eigenvalue weighted by molar-refractivity contribution is -0.126. The maximum atomic E-state index is 11.8. The average molecular weight is 317 g/mol. The number of carbonyl (C=O) groups is 2. The lowest BCUT2D eigenvalue weighted by Gasteiger charge is -2.08. The summed E-state index contributed by atoms with van der Waals surface area (Å²) in [5, 5.41) is 5.91. The number of amides is 2. The molecule has 0 bridgehead atoms. The molecular formula is C17H17ClN2O2. The summed E-state index contributed by atoms with van der Waals surface area (Å²) >= 11 is 5.84. The van der Waals surface area contributed by atoms with E-state index in [1.165, 1.54) is 0 Å². The molecular weight excluding hydrogens is 300 g/mol. The minimum atomic E-state index is -0.371. The first-order valence-corrected chi connectivity index (χ1v) is 7.29. The van der Waals surface area contributed by atoms with Crippen LogP contribution in [0.5, 0.6) is 0 Å². The summed E-state index contributed by atoms with van der Waals surface area (Å²) in [6.07, 6.45) is -0.224. The van der Waals surface area contributed by atoms with Gasteiger partial charge in [-0.15, -0.1) is 0 Å². The molecule has 0 spiro atoms. The fourth-order valence-corrected chi connectivity index (χ4v) is 2.17. The normalized spacial score (nSPS) is 10.1. The van der Waals surface area contributed by atoms with Gasteiger partial charge in [-0.3, -0.25) is 9.59 Å². The Balaban J connectivity index is 1.82. The number of nitrogens with one attached hydrogen (secondary N) is 2. The average Bonchev–Trinajstić information content (AvgIpc) is 2.46. The lowest BCUT2D eigenvalue weighted by atomic mass is 10.1. The zero-order valence-corrected chi connectivity index (χ0v) is 13.0. The molecule has 5 heteroatoms. The van der Waals surface area contributed by atoms with E-state index >= 15 is 0 Å². The summed E-state index contributed by atoms with van der Waals surface area (Å²) in [6.45, 7) is 2.39. The third-order valence-electron chi connectivity index (χ3n) is 3.17. The molecule has 0 heterocycles. The molecule has 0 aromatic heterocycles. The standard InChI is InChI=1S/C17H17ClN2O2/c1-12-5-2-3-6-13(12)11-19-16(21)10-17(22)20-15-8-4-7-14(18)9-15/h2-9H,10-11H2,1H3,(H,19,21)(H,20,22). The summed E-state index contributed by atoms with van der Waals surface area (Å²) in [4.78, 5) is 23.6. The number of hydrogen-bond acceptors (Lipinski definition) is 2. The van der Waals surface area contributed by atoms with Gasteiger partial charge in [-0.25, -0.2) is 0 Å². The highest BCUT2D eigenvalue weighted by Crippen LogP contribution is 2.15. The molecule has 0 aliphatic carbocycles. The molecule has 0 aliphatic heterocycles. The molecule has 0 atom stereocenters. The fraction of sp³-hybridized carbons (Fsp3) is 0.176. The van der Waals surface area contributed by atoms with Crippen LogP contribution >= 0.6 is 11.6 Å². The molecule has 114 valence electrons. The van der Waals surface area contributed by atoms with Crippen LogP contribution in [0.15, 0.2) is 48.5 Å². The van der Waals surface area contributed by atoms with E-state index in [0.29, 0.717) is 17.3 Å². The Labute approximate surface area is 134 Å². The van der Waals surface area contributed by atoms with Crippen molar-refractivity contribution < 1.29 is 9.59 Å². The fourth-order valence-electron chi connectivity index (χ4n) is 1.98. The van der Waals surface area contributed by atoms with Crippen molar-refractivity contribution in [2.45, 2.75) is 19.9 Å². The van der Waals surface area contributed by atoms with Gasteiger partial charge >= 0.3 is 0 Å². The second kappa shape index (κ2) is 7.61. The van der Waals surface area contributed by atoms with E-state index in [9.17, 15) is 9.59 Å². The molecule has 2 N–H and O–H groups in total. The van der Waals surface area contributed by atoms with Crippen LogP contribution in [0, 0.1) is 6.92 Å². The summed E-state index contributed by atoms with van der Waals surface area (Å²) in [5.41, 5.74) is 2.71. The maximum absolute atomic E-state index is 11.8. The van der Waals surface area contributed by atoms with Crippen molar-refractivity contribution in [3.05, 3.63) is 64.7 Å². The smallest absolute Gasteiger partial charge is 0.233 e. The topological polar surface area (TPSA) is 58.2 Å². The Bertz CT molecular complexity index is 686. The highest BCUT2D eigenvalue weighted by atomic mass is 35.5. The van der Waals surface area contributed by atoms with Crippen molar-refractivity contribution in [3.63, 3.8) is 0 Å². The van der Waals surface area contributed by atoms with Gasteiger partial charge in [0, 0.05) is 17.3 Å². The van der Waals surface area contributed by atoms with Crippen molar-refractivity contribution in [2.75, 3.05) is 5.32 Å². The minimum Gasteiger partial charge on any atom is -0.352 e. The van der Waals surface area contributed by atoms with E-state index < -0.39 is 0 Å². The highest BCUT2D eigenvalue weighted by Gasteiger charge is 2.10. The third kappa shape index (κ3) is 4.90. The monoisotopic (exact) mass is 316 g/mol. The molecule has 2 amide bonds. The number of halogens is 1. The minimum absolute atomic E-state index is 0.224. The second-order valence-corrected chi connectivity index (χ2v) is 5.37. The molecule has 2 rings (SSSR count). The largest absolute Gasteiger partial charge is 0.352 e. The molecule has 2 aromatic carbocycles. The van der Waals surface area contributed by atoms with Crippen LogP contribution < -0.4 is 10.6 Å². The van der Waals surface area contributed by atoms with E-state index in [-0.39, 0.29) is 18.2 Å². The predicted molar refractivity (Wildman–Crippen MR) is 87.7 cm³/mol. The highest BCUT2D eigenvalue weighted by molar-refractivity contribution is 6.30. The number of aryl methyl sites for hydroxylation is 1. The van der Waals surface area contributed by atoms with E-state index in [1.807, 2.05) is 31.2 Å². The zero-order chi connectivity index (χ0) is 15.9. The van der Waals surface area contributed by atoms with Crippen LogP contribution in [0.3, 0.4) is 0 Å². The van der Waals surface area contributed by atoms with E-state index in [1.54, 1.807) is 24.3 Å². The Kier molecular flexibility index (Phi) is 5.55. The van der Waals surface area contributed by atoms with Gasteiger partial charge < -0.3 is 10.6 Å². The molecule has 0 saturated carbocycles. The maximum Gasteiger partial charge on any atom is 0.233 e. The van der Waals surface area contributed by atoms with Crippen LogP contribution in [0.25, 0.3) is 0 Å². The van der Waals surface area contributed by atoms with Crippen LogP contribution in [-0.4, -0.2) is 11.8 Å². The molecule has 0 fully saturated rings. The molecule has 22 heavy (non-hydrogen) atoms. The summed E-state index contributed by atoms with van der Waals surface area (Å²) in [7, 11) is 0. The summed E-state index contributed by atoms with van der Waals surface area (Å²) < 4.78 is 0. The van der Waals surface area contributed by atoms with E-state index in [2.05, 4.69) is 10.6 Å². The van der Waals surface area contributed by atoms with Crippen LogP contribution in [0.1, 0.15) is 17.5 Å². The van der Waals surface area contributed by atoms with Gasteiger partial charge in [0.25, 0.3) is 0 Å². The van der Waals surface area contributed by atoms with Crippen LogP contribution in [0.4, 0.5) is 5.69 Å². The summed E-state index contributed by atoms with van der Waals surface area (Å²) in [6, 6.07) is 14.6. The van der Waals surface area contributed by atoms with Crippen LogP contribution in [0.2, 0.25) is 5.02 Å².